The Bertz CT molecular complexity index is 336. The molecule has 3 nitrogen and oxygen atoms in total. The molecule has 124 valence electrons. The first-order valence-electron chi connectivity index (χ1n) is 8.99. The molecular formula is C18H36N2O. The van der Waals surface area contributed by atoms with E-state index in [-0.39, 0.29) is 11.2 Å². The summed E-state index contributed by atoms with van der Waals surface area (Å²) in [4.78, 5) is 2.74. The van der Waals surface area contributed by atoms with Crippen molar-refractivity contribution in [1.29, 1.82) is 0 Å². The molecule has 1 aliphatic heterocycles. The second kappa shape index (κ2) is 6.55. The lowest BCUT2D eigenvalue weighted by Crippen LogP contribution is -2.51. The molecule has 0 radical (unpaired) electrons. The van der Waals surface area contributed by atoms with Gasteiger partial charge in [-0.3, -0.25) is 4.90 Å². The van der Waals surface area contributed by atoms with E-state index < -0.39 is 0 Å². The van der Waals surface area contributed by atoms with Gasteiger partial charge >= 0.3 is 0 Å². The summed E-state index contributed by atoms with van der Waals surface area (Å²) in [5.74, 6) is 0.560. The highest BCUT2D eigenvalue weighted by atomic mass is 16.5. The molecule has 1 aliphatic carbocycles. The minimum atomic E-state index is -0.0792. The van der Waals surface area contributed by atoms with Gasteiger partial charge in [0.1, 0.15) is 0 Å². The first kappa shape index (κ1) is 17.2. The van der Waals surface area contributed by atoms with Gasteiger partial charge in [0.2, 0.25) is 0 Å². The fraction of sp³-hybridized carbons (Fsp3) is 1.00. The van der Waals surface area contributed by atoms with E-state index in [9.17, 15) is 0 Å². The summed E-state index contributed by atoms with van der Waals surface area (Å²) < 4.78 is 6.43. The Labute approximate surface area is 131 Å². The molecule has 0 aromatic heterocycles. The van der Waals surface area contributed by atoms with Gasteiger partial charge in [-0.05, 0) is 60.0 Å². The maximum atomic E-state index is 6.43. The minimum Gasteiger partial charge on any atom is -0.368 e. The quantitative estimate of drug-likeness (QED) is 0.742. The molecule has 0 spiro atoms. The smallest absolute Gasteiger partial charge is 0.0790 e. The second-order valence-electron chi connectivity index (χ2n) is 8.03. The van der Waals surface area contributed by atoms with E-state index in [0.29, 0.717) is 12.0 Å². The molecule has 0 amide bonds. The summed E-state index contributed by atoms with van der Waals surface area (Å²) in [5, 5.41) is 3.71. The van der Waals surface area contributed by atoms with Crippen molar-refractivity contribution in [1.82, 2.24) is 10.2 Å². The lowest BCUT2D eigenvalue weighted by molar-refractivity contribution is -0.0797. The number of nitrogens with one attached hydrogen (secondary N) is 1. The summed E-state index contributed by atoms with van der Waals surface area (Å²) in [6.45, 7) is 17.0. The minimum absolute atomic E-state index is 0.0459. The van der Waals surface area contributed by atoms with Crippen molar-refractivity contribution >= 4 is 0 Å². The number of nitrogens with zero attached hydrogens (tertiary/aromatic N) is 1. The Morgan fingerprint density at radius 2 is 1.76 bits per heavy atom. The zero-order chi connectivity index (χ0) is 15.7. The van der Waals surface area contributed by atoms with Crippen LogP contribution >= 0.6 is 0 Å². The van der Waals surface area contributed by atoms with Crippen LogP contribution in [0.25, 0.3) is 0 Å². The third kappa shape index (κ3) is 4.00. The normalized spacial score (nSPS) is 31.0. The van der Waals surface area contributed by atoms with Gasteiger partial charge in [0.15, 0.2) is 0 Å². The highest BCUT2D eigenvalue weighted by Gasteiger charge is 2.54. The Hall–Kier alpha value is -0.120. The topological polar surface area (TPSA) is 24.5 Å². The van der Waals surface area contributed by atoms with Crippen molar-refractivity contribution in [2.75, 3.05) is 19.6 Å². The molecular weight excluding hydrogens is 260 g/mol. The van der Waals surface area contributed by atoms with Crippen molar-refractivity contribution in [3.63, 3.8) is 0 Å². The molecule has 1 heterocycles. The van der Waals surface area contributed by atoms with Crippen LogP contribution in [0.2, 0.25) is 0 Å². The third-order valence-electron chi connectivity index (χ3n) is 5.29. The van der Waals surface area contributed by atoms with E-state index in [1.54, 1.807) is 0 Å². The largest absolute Gasteiger partial charge is 0.368 e. The molecule has 2 atom stereocenters. The van der Waals surface area contributed by atoms with Crippen LogP contribution in [0.15, 0.2) is 0 Å². The molecule has 2 unspecified atom stereocenters. The summed E-state index contributed by atoms with van der Waals surface area (Å²) >= 11 is 0. The standard InChI is InChI=1S/C18H36N2O/c1-7-9-12-20(14-10-11-14)13-15-16(19-8-2)18(5,6)21-17(15,3)4/h14-16,19H,7-13H2,1-6H3. The Balaban J connectivity index is 2.09. The third-order valence-corrected chi connectivity index (χ3v) is 5.29. The van der Waals surface area contributed by atoms with Crippen LogP contribution in [0.4, 0.5) is 0 Å². The van der Waals surface area contributed by atoms with Crippen LogP contribution in [-0.2, 0) is 4.74 Å². The lowest BCUT2D eigenvalue weighted by atomic mass is 9.82. The maximum Gasteiger partial charge on any atom is 0.0790 e. The van der Waals surface area contributed by atoms with Gasteiger partial charge in [0, 0.05) is 24.5 Å². The molecule has 1 saturated carbocycles. The predicted octanol–water partition coefficient (Wildman–Crippen LogP) is 3.43. The van der Waals surface area contributed by atoms with Crippen LogP contribution < -0.4 is 5.32 Å². The Kier molecular flexibility index (Phi) is 5.38. The Morgan fingerprint density at radius 3 is 2.29 bits per heavy atom. The molecule has 2 fully saturated rings. The number of unbranched alkanes of at least 4 members (excludes halogenated alkanes) is 1. The summed E-state index contributed by atoms with van der Waals surface area (Å²) in [6, 6.07) is 1.29. The van der Waals surface area contributed by atoms with Crippen LogP contribution in [0.3, 0.4) is 0 Å². The van der Waals surface area contributed by atoms with Gasteiger partial charge in [-0.2, -0.15) is 0 Å². The Morgan fingerprint density at radius 1 is 1.10 bits per heavy atom. The first-order chi connectivity index (χ1) is 9.81. The van der Waals surface area contributed by atoms with Crippen LogP contribution in [-0.4, -0.2) is 47.8 Å². The van der Waals surface area contributed by atoms with Crippen molar-refractivity contribution < 1.29 is 4.74 Å². The summed E-state index contributed by atoms with van der Waals surface area (Å²) in [5.41, 5.74) is -0.125. The monoisotopic (exact) mass is 296 g/mol. The molecule has 21 heavy (non-hydrogen) atoms. The zero-order valence-electron chi connectivity index (χ0n) is 15.0. The van der Waals surface area contributed by atoms with Crippen molar-refractivity contribution in [3.05, 3.63) is 0 Å². The predicted molar refractivity (Wildman–Crippen MR) is 89.7 cm³/mol. The van der Waals surface area contributed by atoms with Gasteiger partial charge in [0.25, 0.3) is 0 Å². The van der Waals surface area contributed by atoms with Crippen molar-refractivity contribution in [2.24, 2.45) is 5.92 Å². The van der Waals surface area contributed by atoms with Gasteiger partial charge in [0.05, 0.1) is 11.2 Å². The molecule has 2 aliphatic rings. The average Bonchev–Trinajstić information content (AvgIpc) is 3.17. The highest BCUT2D eigenvalue weighted by molar-refractivity contribution is 5.06. The van der Waals surface area contributed by atoms with Gasteiger partial charge in [-0.15, -0.1) is 0 Å². The van der Waals surface area contributed by atoms with Crippen LogP contribution in [0, 0.1) is 5.92 Å². The van der Waals surface area contributed by atoms with E-state index in [2.05, 4.69) is 51.8 Å². The van der Waals surface area contributed by atoms with Crippen molar-refractivity contribution in [2.45, 2.75) is 90.5 Å². The fourth-order valence-electron chi connectivity index (χ4n) is 4.11. The number of likely N-dealkylation sites (N-methyl/N-ethyl adjacent to an activating group) is 1. The number of hydrogen-bond donors (Lipinski definition) is 1. The molecule has 1 N–H and O–H groups in total. The van der Waals surface area contributed by atoms with Gasteiger partial charge in [-0.25, -0.2) is 0 Å². The molecule has 0 aromatic carbocycles. The van der Waals surface area contributed by atoms with E-state index in [4.69, 9.17) is 4.74 Å². The number of rotatable bonds is 8. The summed E-state index contributed by atoms with van der Waals surface area (Å²) in [6.07, 6.45) is 5.40. The SMILES string of the molecule is CCCCN(CC1C(NCC)C(C)(C)OC1(C)C)C1CC1. The van der Waals surface area contributed by atoms with Crippen LogP contribution in [0.1, 0.15) is 67.2 Å². The lowest BCUT2D eigenvalue weighted by Gasteiger charge is -2.35. The fourth-order valence-corrected chi connectivity index (χ4v) is 4.11. The molecule has 3 heteroatoms. The van der Waals surface area contributed by atoms with E-state index in [1.165, 1.54) is 38.8 Å². The zero-order valence-corrected chi connectivity index (χ0v) is 15.0. The molecule has 2 rings (SSSR count). The highest BCUT2D eigenvalue weighted by Crippen LogP contribution is 2.43. The van der Waals surface area contributed by atoms with Crippen LogP contribution in [0.5, 0.6) is 0 Å². The second-order valence-corrected chi connectivity index (χ2v) is 8.03. The number of ether oxygens (including phenoxy) is 1. The van der Waals surface area contributed by atoms with E-state index in [0.717, 1.165) is 12.6 Å². The molecule has 0 bridgehead atoms. The summed E-state index contributed by atoms with van der Waals surface area (Å²) in [7, 11) is 0. The molecule has 1 saturated heterocycles. The molecule has 0 aromatic rings. The average molecular weight is 296 g/mol. The van der Waals surface area contributed by atoms with E-state index in [1.807, 2.05) is 0 Å². The van der Waals surface area contributed by atoms with E-state index >= 15 is 0 Å². The van der Waals surface area contributed by atoms with Gasteiger partial charge < -0.3 is 10.1 Å². The van der Waals surface area contributed by atoms with Gasteiger partial charge in [-0.1, -0.05) is 20.3 Å². The maximum absolute atomic E-state index is 6.43. The first-order valence-corrected chi connectivity index (χ1v) is 8.99. The van der Waals surface area contributed by atoms with Crippen molar-refractivity contribution in [3.8, 4) is 0 Å². The number of hydrogen-bond acceptors (Lipinski definition) is 3.